The van der Waals surface area contributed by atoms with Crippen molar-refractivity contribution in [1.29, 1.82) is 0 Å². The first-order valence-corrected chi connectivity index (χ1v) is 5.88. The van der Waals surface area contributed by atoms with Gasteiger partial charge in [-0.1, -0.05) is 0 Å². The summed E-state index contributed by atoms with van der Waals surface area (Å²) in [6, 6.07) is -0.0588. The Hall–Kier alpha value is -1.29. The first kappa shape index (κ1) is 13.8. The number of nitrogens with one attached hydrogen (secondary N) is 1. The van der Waals surface area contributed by atoms with Gasteiger partial charge in [-0.3, -0.25) is 4.79 Å². The standard InChI is InChI=1S/C13H21NO3/c1-7(6-8(2)15)14-13(16)12-9(3)10(4)17-11(12)5/h7-8,15H,6H2,1-5H3,(H,14,16). The van der Waals surface area contributed by atoms with Crippen LogP contribution in [0.2, 0.25) is 0 Å². The number of hydrogen-bond donors (Lipinski definition) is 2. The van der Waals surface area contributed by atoms with E-state index in [1.54, 1.807) is 13.8 Å². The fourth-order valence-electron chi connectivity index (χ4n) is 1.99. The van der Waals surface area contributed by atoms with Crippen molar-refractivity contribution in [2.45, 2.75) is 53.2 Å². The van der Waals surface area contributed by atoms with Crippen molar-refractivity contribution in [3.8, 4) is 0 Å². The Bertz CT molecular complexity index is 407. The van der Waals surface area contributed by atoms with Gasteiger partial charge in [0, 0.05) is 11.6 Å². The SMILES string of the molecule is Cc1oc(C)c(C(=O)NC(C)CC(C)O)c1C. The molecule has 0 aliphatic rings. The molecule has 0 radical (unpaired) electrons. The number of rotatable bonds is 4. The summed E-state index contributed by atoms with van der Waals surface area (Å²) in [6.45, 7) is 9.09. The number of aliphatic hydroxyl groups excluding tert-OH is 1. The Morgan fingerprint density at radius 1 is 1.29 bits per heavy atom. The molecule has 1 amide bonds. The summed E-state index contributed by atoms with van der Waals surface area (Å²) in [4.78, 5) is 12.0. The lowest BCUT2D eigenvalue weighted by Gasteiger charge is -2.15. The van der Waals surface area contributed by atoms with Crippen LogP contribution in [0, 0.1) is 20.8 Å². The third-order valence-corrected chi connectivity index (χ3v) is 2.86. The van der Waals surface area contributed by atoms with Crippen molar-refractivity contribution in [1.82, 2.24) is 5.32 Å². The van der Waals surface area contributed by atoms with Gasteiger partial charge in [-0.05, 0) is 41.0 Å². The van der Waals surface area contributed by atoms with Crippen LogP contribution < -0.4 is 5.32 Å². The molecule has 0 fully saturated rings. The van der Waals surface area contributed by atoms with E-state index in [4.69, 9.17) is 4.42 Å². The number of amides is 1. The monoisotopic (exact) mass is 239 g/mol. The summed E-state index contributed by atoms with van der Waals surface area (Å²) in [7, 11) is 0. The molecule has 0 saturated carbocycles. The lowest BCUT2D eigenvalue weighted by atomic mass is 10.1. The highest BCUT2D eigenvalue weighted by Crippen LogP contribution is 2.20. The average Bonchev–Trinajstić information content (AvgIpc) is 2.39. The molecule has 0 aliphatic heterocycles. The van der Waals surface area contributed by atoms with E-state index < -0.39 is 6.10 Å². The van der Waals surface area contributed by atoms with Crippen LogP contribution in [0.25, 0.3) is 0 Å². The van der Waals surface area contributed by atoms with E-state index >= 15 is 0 Å². The minimum atomic E-state index is -0.418. The van der Waals surface area contributed by atoms with Gasteiger partial charge in [-0.25, -0.2) is 0 Å². The van der Waals surface area contributed by atoms with Crippen LogP contribution in [0.1, 0.15) is 47.7 Å². The molecule has 0 spiro atoms. The third kappa shape index (κ3) is 3.33. The molecule has 17 heavy (non-hydrogen) atoms. The molecule has 1 heterocycles. The largest absolute Gasteiger partial charge is 0.466 e. The molecule has 4 nitrogen and oxygen atoms in total. The molecule has 2 N–H and O–H groups in total. The second kappa shape index (κ2) is 5.36. The summed E-state index contributed by atoms with van der Waals surface area (Å²) in [6.07, 6.45) is 0.124. The number of aliphatic hydroxyl groups is 1. The van der Waals surface area contributed by atoms with Crippen LogP contribution in [0.3, 0.4) is 0 Å². The van der Waals surface area contributed by atoms with Gasteiger partial charge in [0.05, 0.1) is 11.7 Å². The number of carbonyl (C=O) groups excluding carboxylic acids is 1. The van der Waals surface area contributed by atoms with Crippen molar-refractivity contribution in [3.63, 3.8) is 0 Å². The molecule has 2 atom stereocenters. The van der Waals surface area contributed by atoms with Gasteiger partial charge in [0.25, 0.3) is 5.91 Å². The van der Waals surface area contributed by atoms with Crippen LogP contribution in [0.4, 0.5) is 0 Å². The van der Waals surface area contributed by atoms with Gasteiger partial charge in [-0.2, -0.15) is 0 Å². The van der Waals surface area contributed by atoms with Gasteiger partial charge in [0.2, 0.25) is 0 Å². The lowest BCUT2D eigenvalue weighted by molar-refractivity contribution is 0.0921. The predicted octanol–water partition coefficient (Wildman–Crippen LogP) is 2.09. The van der Waals surface area contributed by atoms with E-state index in [1.807, 2.05) is 20.8 Å². The van der Waals surface area contributed by atoms with Crippen molar-refractivity contribution in [2.24, 2.45) is 0 Å². The zero-order valence-electron chi connectivity index (χ0n) is 11.1. The molecule has 1 rings (SSSR count). The highest BCUT2D eigenvalue weighted by atomic mass is 16.3. The Labute approximate surface area is 102 Å². The smallest absolute Gasteiger partial charge is 0.255 e. The summed E-state index contributed by atoms with van der Waals surface area (Å²) in [5, 5.41) is 12.1. The Morgan fingerprint density at radius 3 is 2.29 bits per heavy atom. The Kier molecular flexibility index (Phi) is 4.34. The maximum atomic E-state index is 12.0. The molecule has 4 heteroatoms. The van der Waals surface area contributed by atoms with Crippen LogP contribution in [-0.4, -0.2) is 23.2 Å². The molecule has 1 aromatic heterocycles. The number of aryl methyl sites for hydroxylation is 2. The molecule has 2 unspecified atom stereocenters. The van der Waals surface area contributed by atoms with E-state index in [9.17, 15) is 9.90 Å². The topological polar surface area (TPSA) is 62.5 Å². The summed E-state index contributed by atoms with van der Waals surface area (Å²) < 4.78 is 5.42. The van der Waals surface area contributed by atoms with Gasteiger partial charge < -0.3 is 14.8 Å². The molecule has 0 bridgehead atoms. The van der Waals surface area contributed by atoms with Crippen LogP contribution in [-0.2, 0) is 0 Å². The second-order valence-electron chi connectivity index (χ2n) is 4.67. The van der Waals surface area contributed by atoms with Gasteiger partial charge >= 0.3 is 0 Å². The van der Waals surface area contributed by atoms with E-state index in [1.165, 1.54) is 0 Å². The van der Waals surface area contributed by atoms with Crippen LogP contribution in [0.15, 0.2) is 4.42 Å². The zero-order valence-corrected chi connectivity index (χ0v) is 11.1. The normalized spacial score (nSPS) is 14.5. The number of furan rings is 1. The molecule has 0 aromatic carbocycles. The summed E-state index contributed by atoms with van der Waals surface area (Å²) >= 11 is 0. The third-order valence-electron chi connectivity index (χ3n) is 2.86. The van der Waals surface area contributed by atoms with Gasteiger partial charge in [0.1, 0.15) is 11.5 Å². The maximum absolute atomic E-state index is 12.0. The quantitative estimate of drug-likeness (QED) is 0.845. The molecule has 0 saturated heterocycles. The fourth-order valence-corrected chi connectivity index (χ4v) is 1.99. The van der Waals surface area contributed by atoms with Gasteiger partial charge in [-0.15, -0.1) is 0 Å². The Morgan fingerprint density at radius 2 is 1.88 bits per heavy atom. The first-order valence-electron chi connectivity index (χ1n) is 5.88. The number of carbonyl (C=O) groups is 1. The Balaban J connectivity index is 2.76. The van der Waals surface area contributed by atoms with E-state index in [0.29, 0.717) is 17.7 Å². The van der Waals surface area contributed by atoms with Crippen molar-refractivity contribution >= 4 is 5.91 Å². The lowest BCUT2D eigenvalue weighted by Crippen LogP contribution is -2.35. The summed E-state index contributed by atoms with van der Waals surface area (Å²) in [5.41, 5.74) is 1.49. The average molecular weight is 239 g/mol. The molecule has 96 valence electrons. The van der Waals surface area contributed by atoms with Crippen LogP contribution in [0.5, 0.6) is 0 Å². The minimum absolute atomic E-state index is 0.0588. The maximum Gasteiger partial charge on any atom is 0.255 e. The van der Waals surface area contributed by atoms with E-state index in [0.717, 1.165) is 11.3 Å². The van der Waals surface area contributed by atoms with Gasteiger partial charge in [0.15, 0.2) is 0 Å². The molecule has 0 aliphatic carbocycles. The van der Waals surface area contributed by atoms with E-state index in [2.05, 4.69) is 5.32 Å². The highest BCUT2D eigenvalue weighted by molar-refractivity contribution is 5.97. The highest BCUT2D eigenvalue weighted by Gasteiger charge is 2.20. The second-order valence-corrected chi connectivity index (χ2v) is 4.67. The zero-order chi connectivity index (χ0) is 13.2. The summed E-state index contributed by atoms with van der Waals surface area (Å²) in [5.74, 6) is 1.28. The van der Waals surface area contributed by atoms with Crippen molar-refractivity contribution in [2.75, 3.05) is 0 Å². The molecular weight excluding hydrogens is 218 g/mol. The van der Waals surface area contributed by atoms with Crippen molar-refractivity contribution in [3.05, 3.63) is 22.6 Å². The minimum Gasteiger partial charge on any atom is -0.466 e. The fraction of sp³-hybridized carbons (Fsp3) is 0.615. The molecule has 1 aromatic rings. The number of hydrogen-bond acceptors (Lipinski definition) is 3. The molecular formula is C13H21NO3. The predicted molar refractivity (Wildman–Crippen MR) is 66.1 cm³/mol. The van der Waals surface area contributed by atoms with Crippen molar-refractivity contribution < 1.29 is 14.3 Å². The first-order chi connectivity index (χ1) is 7.82. The van der Waals surface area contributed by atoms with Crippen LogP contribution >= 0.6 is 0 Å². The van der Waals surface area contributed by atoms with E-state index in [-0.39, 0.29) is 11.9 Å².